The lowest BCUT2D eigenvalue weighted by Gasteiger charge is -2.35. The Kier molecular flexibility index (Phi) is 3.95. The second-order valence-electron chi connectivity index (χ2n) is 6.45. The number of hydrogen-bond donors (Lipinski definition) is 1. The van der Waals surface area contributed by atoms with Crippen molar-refractivity contribution in [2.45, 2.75) is 45.2 Å². The van der Waals surface area contributed by atoms with Crippen LogP contribution >= 0.6 is 0 Å². The molecule has 3 heteroatoms. The zero-order valence-corrected chi connectivity index (χ0v) is 12.4. The molecular formula is C16H24N2O. The minimum atomic E-state index is -0.163. The number of benzene rings is 1. The standard InChI is InChI=1S/C16H24N2O/c1-16(2,3)17-15(19)11-14-13-8-6-5-7-12(13)9-10-18(14)4/h5-8,14H,9-11H2,1-4H3,(H,17,19)/t14-/m0/s1. The quantitative estimate of drug-likeness (QED) is 0.886. The van der Waals surface area contributed by atoms with Crippen LogP contribution in [-0.4, -0.2) is 29.9 Å². The summed E-state index contributed by atoms with van der Waals surface area (Å²) in [6.45, 7) is 7.07. The number of rotatable bonds is 2. The van der Waals surface area contributed by atoms with Gasteiger partial charge in [-0.15, -0.1) is 0 Å². The van der Waals surface area contributed by atoms with Crippen LogP contribution in [0.4, 0.5) is 0 Å². The Morgan fingerprint density at radius 3 is 2.74 bits per heavy atom. The molecule has 1 aliphatic heterocycles. The molecule has 1 aliphatic rings. The molecule has 0 aliphatic carbocycles. The van der Waals surface area contributed by atoms with E-state index in [0.29, 0.717) is 6.42 Å². The summed E-state index contributed by atoms with van der Waals surface area (Å²) in [5.41, 5.74) is 2.53. The van der Waals surface area contributed by atoms with Crippen LogP contribution in [0.1, 0.15) is 44.4 Å². The van der Waals surface area contributed by atoms with Gasteiger partial charge < -0.3 is 5.32 Å². The van der Waals surface area contributed by atoms with E-state index in [0.717, 1.165) is 13.0 Å². The van der Waals surface area contributed by atoms with Crippen molar-refractivity contribution in [2.24, 2.45) is 0 Å². The molecule has 1 amide bonds. The average Bonchev–Trinajstić information content (AvgIpc) is 2.31. The van der Waals surface area contributed by atoms with Crippen LogP contribution in [0.3, 0.4) is 0 Å². The summed E-state index contributed by atoms with van der Waals surface area (Å²) in [4.78, 5) is 14.4. The number of likely N-dealkylation sites (N-methyl/N-ethyl adjacent to an activating group) is 1. The van der Waals surface area contributed by atoms with Crippen LogP contribution in [0.15, 0.2) is 24.3 Å². The predicted octanol–water partition coefficient (Wildman–Crippen LogP) is 2.52. The van der Waals surface area contributed by atoms with Crippen LogP contribution < -0.4 is 5.32 Å². The third-order valence-corrected chi connectivity index (χ3v) is 3.57. The minimum Gasteiger partial charge on any atom is -0.351 e. The monoisotopic (exact) mass is 260 g/mol. The maximum atomic E-state index is 12.1. The molecule has 1 heterocycles. The van der Waals surface area contributed by atoms with Crippen molar-refractivity contribution in [1.82, 2.24) is 10.2 Å². The van der Waals surface area contributed by atoms with Gasteiger partial charge >= 0.3 is 0 Å². The number of nitrogens with one attached hydrogen (secondary N) is 1. The number of amides is 1. The van der Waals surface area contributed by atoms with E-state index in [1.165, 1.54) is 11.1 Å². The molecule has 0 fully saturated rings. The molecule has 104 valence electrons. The van der Waals surface area contributed by atoms with Gasteiger partial charge in [-0.2, -0.15) is 0 Å². The summed E-state index contributed by atoms with van der Waals surface area (Å²) >= 11 is 0. The van der Waals surface area contributed by atoms with E-state index in [1.54, 1.807) is 0 Å². The summed E-state index contributed by atoms with van der Waals surface area (Å²) in [6.07, 6.45) is 1.61. The van der Waals surface area contributed by atoms with E-state index in [-0.39, 0.29) is 17.5 Å². The van der Waals surface area contributed by atoms with Crippen molar-refractivity contribution in [3.63, 3.8) is 0 Å². The smallest absolute Gasteiger partial charge is 0.222 e. The van der Waals surface area contributed by atoms with Gasteiger partial charge in [0.05, 0.1) is 0 Å². The zero-order chi connectivity index (χ0) is 14.0. The zero-order valence-electron chi connectivity index (χ0n) is 12.4. The van der Waals surface area contributed by atoms with Crippen molar-refractivity contribution in [1.29, 1.82) is 0 Å². The maximum absolute atomic E-state index is 12.1. The average molecular weight is 260 g/mol. The summed E-state index contributed by atoms with van der Waals surface area (Å²) in [7, 11) is 2.10. The first-order valence-corrected chi connectivity index (χ1v) is 6.96. The van der Waals surface area contributed by atoms with Gasteiger partial charge in [-0.1, -0.05) is 24.3 Å². The van der Waals surface area contributed by atoms with Crippen LogP contribution in [0.25, 0.3) is 0 Å². The van der Waals surface area contributed by atoms with Crippen molar-refractivity contribution in [3.05, 3.63) is 35.4 Å². The molecule has 0 bridgehead atoms. The highest BCUT2D eigenvalue weighted by atomic mass is 16.1. The molecule has 3 nitrogen and oxygen atoms in total. The number of hydrogen-bond acceptors (Lipinski definition) is 2. The highest BCUT2D eigenvalue weighted by Crippen LogP contribution is 2.30. The molecule has 0 radical (unpaired) electrons. The van der Waals surface area contributed by atoms with Crippen molar-refractivity contribution >= 4 is 5.91 Å². The molecular weight excluding hydrogens is 236 g/mol. The highest BCUT2D eigenvalue weighted by molar-refractivity contribution is 5.77. The third kappa shape index (κ3) is 3.57. The third-order valence-electron chi connectivity index (χ3n) is 3.57. The molecule has 0 saturated heterocycles. The largest absolute Gasteiger partial charge is 0.351 e. The summed E-state index contributed by atoms with van der Waals surface area (Å²) in [5, 5.41) is 3.05. The van der Waals surface area contributed by atoms with Gasteiger partial charge in [-0.05, 0) is 45.4 Å². The second-order valence-corrected chi connectivity index (χ2v) is 6.45. The summed E-state index contributed by atoms with van der Waals surface area (Å²) in [5.74, 6) is 0.126. The van der Waals surface area contributed by atoms with Gasteiger partial charge in [0.25, 0.3) is 0 Å². The van der Waals surface area contributed by atoms with Crippen molar-refractivity contribution in [3.8, 4) is 0 Å². The van der Waals surface area contributed by atoms with Crippen LogP contribution in [0.5, 0.6) is 0 Å². The highest BCUT2D eigenvalue weighted by Gasteiger charge is 2.27. The molecule has 0 aromatic heterocycles. The topological polar surface area (TPSA) is 32.3 Å². The molecule has 2 rings (SSSR count). The molecule has 0 spiro atoms. The normalized spacial score (nSPS) is 19.9. The fourth-order valence-corrected chi connectivity index (χ4v) is 2.69. The van der Waals surface area contributed by atoms with Gasteiger partial charge in [0.2, 0.25) is 5.91 Å². The van der Waals surface area contributed by atoms with Gasteiger partial charge in [0, 0.05) is 24.5 Å². The Labute approximate surface area is 116 Å². The number of nitrogens with zero attached hydrogens (tertiary/aromatic N) is 1. The molecule has 1 aromatic carbocycles. The summed E-state index contributed by atoms with van der Waals surface area (Å²) < 4.78 is 0. The van der Waals surface area contributed by atoms with Gasteiger partial charge in [0.15, 0.2) is 0 Å². The molecule has 0 saturated carbocycles. The lowest BCUT2D eigenvalue weighted by Crippen LogP contribution is -2.43. The molecule has 1 N–H and O–H groups in total. The first-order chi connectivity index (χ1) is 8.87. The van der Waals surface area contributed by atoms with E-state index < -0.39 is 0 Å². The Morgan fingerprint density at radius 2 is 2.05 bits per heavy atom. The van der Waals surface area contributed by atoms with Crippen LogP contribution in [0, 0.1) is 0 Å². The fourth-order valence-electron chi connectivity index (χ4n) is 2.69. The maximum Gasteiger partial charge on any atom is 0.222 e. The number of carbonyl (C=O) groups is 1. The van der Waals surface area contributed by atoms with Gasteiger partial charge in [0.1, 0.15) is 0 Å². The Bertz CT molecular complexity index is 462. The molecule has 1 aromatic rings. The van der Waals surface area contributed by atoms with Gasteiger partial charge in [-0.3, -0.25) is 9.69 Å². The first kappa shape index (κ1) is 14.1. The Hall–Kier alpha value is -1.35. The molecule has 0 unspecified atom stereocenters. The van der Waals surface area contributed by atoms with Crippen molar-refractivity contribution in [2.75, 3.05) is 13.6 Å². The summed E-state index contributed by atoms with van der Waals surface area (Å²) in [6, 6.07) is 8.67. The van der Waals surface area contributed by atoms with Crippen LogP contribution in [-0.2, 0) is 11.2 Å². The lowest BCUT2D eigenvalue weighted by atomic mass is 9.91. The number of fused-ring (bicyclic) bond motifs is 1. The Morgan fingerprint density at radius 1 is 1.37 bits per heavy atom. The Balaban J connectivity index is 2.13. The van der Waals surface area contributed by atoms with E-state index in [2.05, 4.69) is 41.5 Å². The SMILES string of the molecule is CN1CCc2ccccc2[C@@H]1CC(=O)NC(C)(C)C. The van der Waals surface area contributed by atoms with E-state index in [9.17, 15) is 4.79 Å². The van der Waals surface area contributed by atoms with Crippen molar-refractivity contribution < 1.29 is 4.79 Å². The molecule has 19 heavy (non-hydrogen) atoms. The van der Waals surface area contributed by atoms with E-state index in [1.807, 2.05) is 20.8 Å². The lowest BCUT2D eigenvalue weighted by molar-refractivity contribution is -0.123. The number of carbonyl (C=O) groups excluding carboxylic acids is 1. The van der Waals surface area contributed by atoms with Gasteiger partial charge in [-0.25, -0.2) is 0 Å². The predicted molar refractivity (Wildman–Crippen MR) is 78.0 cm³/mol. The van der Waals surface area contributed by atoms with E-state index in [4.69, 9.17) is 0 Å². The van der Waals surface area contributed by atoms with Crippen LogP contribution in [0.2, 0.25) is 0 Å². The fraction of sp³-hybridized carbons (Fsp3) is 0.562. The molecule has 1 atom stereocenters. The first-order valence-electron chi connectivity index (χ1n) is 6.96. The second kappa shape index (κ2) is 5.33. The van der Waals surface area contributed by atoms with E-state index >= 15 is 0 Å². The minimum absolute atomic E-state index is 0.126.